The van der Waals surface area contributed by atoms with Crippen LogP contribution in [0, 0.1) is 0 Å². The Morgan fingerprint density at radius 1 is 1.67 bits per heavy atom. The molecular weight excluding hydrogens is 217 g/mol. The van der Waals surface area contributed by atoms with Crippen LogP contribution in [0.3, 0.4) is 0 Å². The number of rotatable bonds is 3. The van der Waals surface area contributed by atoms with Crippen molar-refractivity contribution in [3.63, 3.8) is 0 Å². The summed E-state index contributed by atoms with van der Waals surface area (Å²) in [4.78, 5) is 10.3. The third-order valence-corrected chi connectivity index (χ3v) is 1.59. The first kappa shape index (κ1) is 11.5. The summed E-state index contributed by atoms with van der Waals surface area (Å²) in [5.41, 5.74) is 3.90. The minimum atomic E-state index is -4.60. The van der Waals surface area contributed by atoms with Gasteiger partial charge >= 0.3 is 12.1 Å². The molecule has 0 aliphatic carbocycles. The molecule has 0 spiro atoms. The second-order valence-electron chi connectivity index (χ2n) is 2.83. The van der Waals surface area contributed by atoms with E-state index in [2.05, 4.69) is 9.68 Å². The van der Waals surface area contributed by atoms with Crippen molar-refractivity contribution in [2.24, 2.45) is 5.73 Å². The number of hydrogen-bond donors (Lipinski definition) is 2. The number of alkyl halides is 3. The number of nitrogens with two attached hydrogens (primary N) is 1. The number of aliphatic carboxylic acids is 1. The Bertz CT molecular complexity index is 361. The van der Waals surface area contributed by atoms with E-state index in [0.29, 0.717) is 6.07 Å². The van der Waals surface area contributed by atoms with Crippen molar-refractivity contribution in [3.8, 4) is 0 Å². The molecule has 0 aliphatic heterocycles. The van der Waals surface area contributed by atoms with Crippen molar-refractivity contribution < 1.29 is 27.6 Å². The van der Waals surface area contributed by atoms with E-state index in [-0.39, 0.29) is 12.2 Å². The van der Waals surface area contributed by atoms with Gasteiger partial charge in [-0.25, -0.2) is 0 Å². The lowest BCUT2D eigenvalue weighted by atomic mass is 10.2. The Hall–Kier alpha value is -1.57. The molecule has 0 bridgehead atoms. The van der Waals surface area contributed by atoms with E-state index < -0.39 is 23.9 Å². The number of carboxylic acids is 1. The average Bonchev–Trinajstić information content (AvgIpc) is 2.51. The van der Waals surface area contributed by atoms with E-state index >= 15 is 0 Å². The SMILES string of the molecule is N[C@@H](Cc1cc(C(F)(F)F)no1)C(=O)O. The molecule has 0 fully saturated rings. The summed E-state index contributed by atoms with van der Waals surface area (Å²) >= 11 is 0. The molecular formula is C7H7F3N2O3. The lowest BCUT2D eigenvalue weighted by Gasteiger charge is -2.01. The van der Waals surface area contributed by atoms with Gasteiger partial charge in [-0.15, -0.1) is 0 Å². The minimum absolute atomic E-state index is 0.211. The molecule has 84 valence electrons. The first-order valence-electron chi connectivity index (χ1n) is 3.82. The number of nitrogens with zero attached hydrogens (tertiary/aromatic N) is 1. The van der Waals surface area contributed by atoms with Gasteiger partial charge in [-0.05, 0) is 0 Å². The zero-order valence-corrected chi connectivity index (χ0v) is 7.28. The summed E-state index contributed by atoms with van der Waals surface area (Å²) < 4.78 is 40.4. The molecule has 1 heterocycles. The van der Waals surface area contributed by atoms with Gasteiger partial charge in [0.2, 0.25) is 0 Å². The van der Waals surface area contributed by atoms with Crippen LogP contribution in [0.5, 0.6) is 0 Å². The van der Waals surface area contributed by atoms with Crippen LogP contribution in [0.25, 0.3) is 0 Å². The quantitative estimate of drug-likeness (QED) is 0.786. The maximum absolute atomic E-state index is 12.0. The summed E-state index contributed by atoms with van der Waals surface area (Å²) in [6.07, 6.45) is -4.94. The molecule has 5 nitrogen and oxygen atoms in total. The Morgan fingerprint density at radius 2 is 2.27 bits per heavy atom. The van der Waals surface area contributed by atoms with Gasteiger partial charge in [0, 0.05) is 12.5 Å². The summed E-state index contributed by atoms with van der Waals surface area (Å²) in [6, 6.07) is -0.679. The van der Waals surface area contributed by atoms with E-state index in [1.807, 2.05) is 0 Å². The van der Waals surface area contributed by atoms with E-state index in [0.717, 1.165) is 0 Å². The van der Waals surface area contributed by atoms with E-state index in [4.69, 9.17) is 10.8 Å². The monoisotopic (exact) mass is 224 g/mol. The van der Waals surface area contributed by atoms with E-state index in [1.165, 1.54) is 0 Å². The third kappa shape index (κ3) is 2.94. The molecule has 15 heavy (non-hydrogen) atoms. The van der Waals surface area contributed by atoms with Crippen molar-refractivity contribution in [3.05, 3.63) is 17.5 Å². The number of carboxylic acid groups (broad SMARTS) is 1. The molecule has 0 aromatic carbocycles. The van der Waals surface area contributed by atoms with Gasteiger partial charge in [0.25, 0.3) is 0 Å². The highest BCUT2D eigenvalue weighted by Crippen LogP contribution is 2.28. The van der Waals surface area contributed by atoms with Crippen molar-refractivity contribution in [1.82, 2.24) is 5.16 Å². The third-order valence-electron chi connectivity index (χ3n) is 1.59. The normalized spacial score (nSPS) is 13.9. The molecule has 0 unspecified atom stereocenters. The van der Waals surface area contributed by atoms with Crippen LogP contribution < -0.4 is 5.73 Å². The van der Waals surface area contributed by atoms with Crippen molar-refractivity contribution in [1.29, 1.82) is 0 Å². The van der Waals surface area contributed by atoms with Crippen molar-refractivity contribution in [2.75, 3.05) is 0 Å². The molecule has 0 radical (unpaired) electrons. The summed E-state index contributed by atoms with van der Waals surface area (Å²) in [7, 11) is 0. The second-order valence-corrected chi connectivity index (χ2v) is 2.83. The fourth-order valence-electron chi connectivity index (χ4n) is 0.847. The van der Waals surface area contributed by atoms with E-state index in [9.17, 15) is 18.0 Å². The molecule has 1 aromatic heterocycles. The topological polar surface area (TPSA) is 89.4 Å². The second kappa shape index (κ2) is 3.89. The molecule has 0 saturated carbocycles. The Morgan fingerprint density at radius 3 is 2.67 bits per heavy atom. The number of halogens is 3. The van der Waals surface area contributed by atoms with Crippen LogP contribution >= 0.6 is 0 Å². The summed E-state index contributed by atoms with van der Waals surface area (Å²) in [5, 5.41) is 11.2. The predicted molar refractivity (Wildman–Crippen MR) is 40.8 cm³/mol. The lowest BCUT2D eigenvalue weighted by molar-refractivity contribution is -0.142. The van der Waals surface area contributed by atoms with Gasteiger partial charge in [-0.2, -0.15) is 13.2 Å². The standard InChI is InChI=1S/C7H7F3N2O3/c8-7(9,10)5-2-3(15-12-5)1-4(11)6(13)14/h2,4H,1,11H2,(H,13,14)/t4-/m0/s1. The summed E-state index contributed by atoms with van der Waals surface area (Å²) in [5.74, 6) is -1.53. The first-order valence-corrected chi connectivity index (χ1v) is 3.82. The van der Waals surface area contributed by atoms with Crippen LogP contribution in [0.1, 0.15) is 11.5 Å². The highest BCUT2D eigenvalue weighted by Gasteiger charge is 2.35. The molecule has 8 heteroatoms. The van der Waals surface area contributed by atoms with Crippen LogP contribution in [0.2, 0.25) is 0 Å². The maximum Gasteiger partial charge on any atom is 0.436 e. The van der Waals surface area contributed by atoms with Crippen molar-refractivity contribution in [2.45, 2.75) is 18.6 Å². The van der Waals surface area contributed by atoms with Gasteiger partial charge in [0.05, 0.1) is 0 Å². The van der Waals surface area contributed by atoms with Crippen LogP contribution in [0.15, 0.2) is 10.6 Å². The van der Waals surface area contributed by atoms with Crippen LogP contribution in [0.4, 0.5) is 13.2 Å². The maximum atomic E-state index is 12.0. The van der Waals surface area contributed by atoms with Crippen LogP contribution in [-0.4, -0.2) is 22.3 Å². The van der Waals surface area contributed by atoms with Gasteiger partial charge in [0.1, 0.15) is 11.8 Å². The minimum Gasteiger partial charge on any atom is -0.480 e. The molecule has 1 aromatic rings. The van der Waals surface area contributed by atoms with Crippen LogP contribution in [-0.2, 0) is 17.4 Å². The fraction of sp³-hybridized carbons (Fsp3) is 0.429. The lowest BCUT2D eigenvalue weighted by Crippen LogP contribution is -2.32. The van der Waals surface area contributed by atoms with Crippen molar-refractivity contribution >= 4 is 5.97 Å². The number of hydrogen-bond acceptors (Lipinski definition) is 4. The highest BCUT2D eigenvalue weighted by molar-refractivity contribution is 5.73. The predicted octanol–water partition coefficient (Wildman–Crippen LogP) is 0.648. The molecule has 0 saturated heterocycles. The van der Waals surface area contributed by atoms with E-state index in [1.54, 1.807) is 0 Å². The largest absolute Gasteiger partial charge is 0.480 e. The fourth-order valence-corrected chi connectivity index (χ4v) is 0.847. The Labute approximate surface area is 81.6 Å². The molecule has 3 N–H and O–H groups in total. The zero-order valence-electron chi connectivity index (χ0n) is 7.28. The highest BCUT2D eigenvalue weighted by atomic mass is 19.4. The first-order chi connectivity index (χ1) is 6.80. The number of carbonyl (C=O) groups is 1. The van der Waals surface area contributed by atoms with Gasteiger partial charge in [-0.3, -0.25) is 4.79 Å². The van der Waals surface area contributed by atoms with Gasteiger partial charge in [0.15, 0.2) is 5.69 Å². The average molecular weight is 224 g/mol. The Kier molecular flexibility index (Phi) is 2.98. The number of aromatic nitrogens is 1. The Balaban J connectivity index is 2.73. The summed E-state index contributed by atoms with van der Waals surface area (Å²) in [6.45, 7) is 0. The molecule has 0 aliphatic rings. The van der Waals surface area contributed by atoms with Gasteiger partial charge in [-0.1, -0.05) is 5.16 Å². The zero-order chi connectivity index (χ0) is 11.6. The van der Waals surface area contributed by atoms with Gasteiger partial charge < -0.3 is 15.4 Å². The molecule has 0 amide bonds. The smallest absolute Gasteiger partial charge is 0.436 e. The molecule has 1 rings (SSSR count). The molecule has 1 atom stereocenters.